The lowest BCUT2D eigenvalue weighted by Crippen LogP contribution is -2.00. The van der Waals surface area contributed by atoms with Gasteiger partial charge in [0.15, 0.2) is 0 Å². The Morgan fingerprint density at radius 3 is 2.57 bits per heavy atom. The largest absolute Gasteiger partial charge is 0.328 e. The lowest BCUT2D eigenvalue weighted by molar-refractivity contribution is 0.648. The molecule has 28 heavy (non-hydrogen) atoms. The summed E-state index contributed by atoms with van der Waals surface area (Å²) in [7, 11) is 0. The minimum Gasteiger partial charge on any atom is -0.328 e. The average Bonchev–Trinajstić information content (AvgIpc) is 3.04. The number of hydrogen-bond acceptors (Lipinski definition) is 1. The van der Waals surface area contributed by atoms with Crippen molar-refractivity contribution in [3.8, 4) is 0 Å². The third kappa shape index (κ3) is 4.89. The van der Waals surface area contributed by atoms with E-state index in [1.54, 1.807) is 0 Å². The molecule has 144 valence electrons. The fourth-order valence-electron chi connectivity index (χ4n) is 3.54. The predicted molar refractivity (Wildman–Crippen MR) is 121 cm³/mol. The molecule has 0 spiro atoms. The molecule has 0 saturated carbocycles. The van der Waals surface area contributed by atoms with Gasteiger partial charge in [-0.3, -0.25) is 0 Å². The van der Waals surface area contributed by atoms with E-state index >= 15 is 0 Å². The first-order valence-electron chi connectivity index (χ1n) is 10.2. The molecular formula is C26H30N2. The number of fused-ring (bicyclic) bond motifs is 1. The van der Waals surface area contributed by atoms with E-state index in [-0.39, 0.29) is 0 Å². The zero-order valence-corrected chi connectivity index (χ0v) is 17.2. The van der Waals surface area contributed by atoms with Crippen molar-refractivity contribution in [2.24, 2.45) is 0 Å². The van der Waals surface area contributed by atoms with Gasteiger partial charge in [0.05, 0.1) is 11.0 Å². The minimum absolute atomic E-state index is 0.989. The van der Waals surface area contributed by atoms with Crippen molar-refractivity contribution in [2.45, 2.75) is 46.6 Å². The van der Waals surface area contributed by atoms with Gasteiger partial charge < -0.3 is 4.57 Å². The number of imidazole rings is 1. The molecule has 0 aliphatic heterocycles. The van der Waals surface area contributed by atoms with Crippen LogP contribution in [-0.2, 0) is 6.54 Å². The number of aromatic nitrogens is 2. The van der Waals surface area contributed by atoms with Crippen molar-refractivity contribution in [3.05, 3.63) is 95.9 Å². The van der Waals surface area contributed by atoms with Crippen LogP contribution in [0.2, 0.25) is 0 Å². The Hall–Kier alpha value is -2.87. The third-order valence-electron chi connectivity index (χ3n) is 5.01. The van der Waals surface area contributed by atoms with Gasteiger partial charge in [-0.1, -0.05) is 73.7 Å². The molecule has 0 saturated heterocycles. The Kier molecular flexibility index (Phi) is 7.02. The summed E-state index contributed by atoms with van der Waals surface area (Å²) in [5.41, 5.74) is 6.23. The predicted octanol–water partition coefficient (Wildman–Crippen LogP) is 7.12. The summed E-state index contributed by atoms with van der Waals surface area (Å²) >= 11 is 0. The zero-order chi connectivity index (χ0) is 19.8. The van der Waals surface area contributed by atoms with Crippen molar-refractivity contribution in [1.29, 1.82) is 0 Å². The molecule has 0 unspecified atom stereocenters. The minimum atomic E-state index is 0.989. The summed E-state index contributed by atoms with van der Waals surface area (Å²) in [6.45, 7) is 7.45. The maximum absolute atomic E-state index is 4.68. The monoisotopic (exact) mass is 370 g/mol. The standard InChI is InChI=1S/C26H30N2/c1-4-5-7-14-21(2)24(23-15-8-6-9-16-23)17-12-13-20-28-22(3)27-25-18-10-11-19-26(25)28/h5-11,14-19H,4,12-13,20H2,1-3H3/b7-5-,21-14+,24-17-. The topological polar surface area (TPSA) is 17.8 Å². The van der Waals surface area contributed by atoms with Gasteiger partial charge in [0.2, 0.25) is 0 Å². The smallest absolute Gasteiger partial charge is 0.106 e. The van der Waals surface area contributed by atoms with Crippen molar-refractivity contribution < 1.29 is 0 Å². The van der Waals surface area contributed by atoms with Crippen molar-refractivity contribution in [2.75, 3.05) is 0 Å². The van der Waals surface area contributed by atoms with Gasteiger partial charge in [-0.2, -0.15) is 0 Å². The van der Waals surface area contributed by atoms with Gasteiger partial charge >= 0.3 is 0 Å². The first-order valence-corrected chi connectivity index (χ1v) is 10.2. The molecule has 0 atom stereocenters. The molecule has 3 aromatic rings. The number of rotatable bonds is 8. The maximum atomic E-state index is 4.68. The molecule has 0 N–H and O–H groups in total. The number of nitrogens with zero attached hydrogens (tertiary/aromatic N) is 2. The molecule has 0 aliphatic carbocycles. The molecule has 1 aromatic heterocycles. The average molecular weight is 371 g/mol. The van der Waals surface area contributed by atoms with Crippen LogP contribution in [0.5, 0.6) is 0 Å². The molecule has 0 bridgehead atoms. The highest BCUT2D eigenvalue weighted by atomic mass is 15.1. The molecule has 0 amide bonds. The van der Waals surface area contributed by atoms with Crippen LogP contribution in [0.4, 0.5) is 0 Å². The van der Waals surface area contributed by atoms with Crippen molar-refractivity contribution >= 4 is 16.6 Å². The summed E-state index contributed by atoms with van der Waals surface area (Å²) in [6, 6.07) is 19.1. The Balaban J connectivity index is 1.75. The van der Waals surface area contributed by atoms with E-state index in [2.05, 4.69) is 109 Å². The number of hydrogen-bond donors (Lipinski definition) is 0. The van der Waals surface area contributed by atoms with Crippen LogP contribution in [0.15, 0.2) is 84.5 Å². The van der Waals surface area contributed by atoms with Gasteiger partial charge in [-0.25, -0.2) is 4.98 Å². The Morgan fingerprint density at radius 2 is 1.79 bits per heavy atom. The molecule has 2 heteroatoms. The number of benzene rings is 2. The lowest BCUT2D eigenvalue weighted by Gasteiger charge is -2.10. The molecule has 0 radical (unpaired) electrons. The molecule has 0 aliphatic rings. The number of unbranched alkanes of at least 4 members (excludes halogenated alkanes) is 1. The van der Waals surface area contributed by atoms with Crippen LogP contribution in [-0.4, -0.2) is 9.55 Å². The number of allylic oxidation sites excluding steroid dienone is 6. The summed E-state index contributed by atoms with van der Waals surface area (Å²) < 4.78 is 2.33. The maximum Gasteiger partial charge on any atom is 0.106 e. The summed E-state index contributed by atoms with van der Waals surface area (Å²) in [5, 5.41) is 0. The van der Waals surface area contributed by atoms with Gasteiger partial charge in [0.25, 0.3) is 0 Å². The van der Waals surface area contributed by atoms with Crippen LogP contribution in [0, 0.1) is 6.92 Å². The van der Waals surface area contributed by atoms with E-state index in [1.165, 1.54) is 22.2 Å². The Morgan fingerprint density at radius 1 is 1.04 bits per heavy atom. The van der Waals surface area contributed by atoms with Crippen LogP contribution in [0.1, 0.15) is 44.5 Å². The van der Waals surface area contributed by atoms with Crippen LogP contribution < -0.4 is 0 Å². The van der Waals surface area contributed by atoms with E-state index < -0.39 is 0 Å². The Bertz CT molecular complexity index is 988. The second-order valence-electron chi connectivity index (χ2n) is 7.11. The summed E-state index contributed by atoms with van der Waals surface area (Å²) in [5.74, 6) is 1.09. The lowest BCUT2D eigenvalue weighted by atomic mass is 9.97. The molecular weight excluding hydrogens is 340 g/mol. The first kappa shape index (κ1) is 19.9. The Labute approximate surface area is 168 Å². The van der Waals surface area contributed by atoms with Crippen LogP contribution in [0.3, 0.4) is 0 Å². The van der Waals surface area contributed by atoms with Gasteiger partial charge in [0.1, 0.15) is 5.82 Å². The highest BCUT2D eigenvalue weighted by Gasteiger charge is 2.06. The SMILES string of the molecule is CC\C=C/C=C(C)/C(=C/CCCn1c(C)nc2ccccc21)c1ccccc1. The molecule has 2 nitrogen and oxygen atoms in total. The van der Waals surface area contributed by atoms with Gasteiger partial charge in [-0.15, -0.1) is 0 Å². The quantitative estimate of drug-likeness (QED) is 0.305. The van der Waals surface area contributed by atoms with Gasteiger partial charge in [0, 0.05) is 6.54 Å². The number of aryl methyl sites for hydroxylation is 2. The van der Waals surface area contributed by atoms with Gasteiger partial charge in [-0.05, 0) is 62.0 Å². The van der Waals surface area contributed by atoms with Crippen LogP contribution in [0.25, 0.3) is 16.6 Å². The van der Waals surface area contributed by atoms with Crippen molar-refractivity contribution in [1.82, 2.24) is 9.55 Å². The molecule has 1 heterocycles. The van der Waals surface area contributed by atoms with E-state index in [4.69, 9.17) is 0 Å². The summed E-state index contributed by atoms with van der Waals surface area (Å²) in [6.07, 6.45) is 12.2. The van der Waals surface area contributed by atoms with E-state index in [1.807, 2.05) is 0 Å². The number of para-hydroxylation sites is 2. The fourth-order valence-corrected chi connectivity index (χ4v) is 3.54. The second kappa shape index (κ2) is 9.89. The highest BCUT2D eigenvalue weighted by Crippen LogP contribution is 2.24. The zero-order valence-electron chi connectivity index (χ0n) is 17.2. The summed E-state index contributed by atoms with van der Waals surface area (Å²) in [4.78, 5) is 4.68. The molecule has 3 rings (SSSR count). The first-order chi connectivity index (χ1) is 13.7. The van der Waals surface area contributed by atoms with Crippen LogP contribution >= 0.6 is 0 Å². The molecule has 2 aromatic carbocycles. The van der Waals surface area contributed by atoms with Crippen molar-refractivity contribution in [3.63, 3.8) is 0 Å². The highest BCUT2D eigenvalue weighted by molar-refractivity contribution is 5.78. The second-order valence-corrected chi connectivity index (χ2v) is 7.11. The van der Waals surface area contributed by atoms with E-state index in [9.17, 15) is 0 Å². The third-order valence-corrected chi connectivity index (χ3v) is 5.01. The van der Waals surface area contributed by atoms with E-state index in [0.29, 0.717) is 0 Å². The fraction of sp³-hybridized carbons (Fsp3) is 0.269. The van der Waals surface area contributed by atoms with E-state index in [0.717, 1.165) is 37.1 Å². The molecule has 0 fully saturated rings. The normalized spacial score (nSPS) is 13.0.